The fraction of sp³-hybridized carbons (Fsp3) is 0.316. The molecule has 27 heavy (non-hydrogen) atoms. The minimum absolute atomic E-state index is 0.0256. The van der Waals surface area contributed by atoms with Crippen LogP contribution in [0, 0.1) is 0 Å². The second kappa shape index (κ2) is 8.88. The molecule has 8 heteroatoms. The van der Waals surface area contributed by atoms with Gasteiger partial charge in [0.25, 0.3) is 5.91 Å². The van der Waals surface area contributed by atoms with Gasteiger partial charge in [0, 0.05) is 5.56 Å². The number of sulfonamides is 1. The maximum absolute atomic E-state index is 12.6. The number of ether oxygens (including phenoxy) is 2. The Bertz CT molecular complexity index is 895. The van der Waals surface area contributed by atoms with Crippen LogP contribution < -0.4 is 19.9 Å². The highest BCUT2D eigenvalue weighted by molar-refractivity contribution is 7.89. The van der Waals surface area contributed by atoms with Crippen molar-refractivity contribution in [1.29, 1.82) is 0 Å². The molecule has 0 aliphatic heterocycles. The van der Waals surface area contributed by atoms with Crippen molar-refractivity contribution in [3.63, 3.8) is 0 Å². The molecule has 2 aromatic rings. The van der Waals surface area contributed by atoms with Crippen LogP contribution in [0.5, 0.6) is 11.5 Å². The van der Waals surface area contributed by atoms with Crippen LogP contribution in [0.1, 0.15) is 42.7 Å². The smallest absolute Gasteiger partial charge is 0.251 e. The Kier molecular flexibility index (Phi) is 6.81. The molecule has 0 aliphatic carbocycles. The van der Waals surface area contributed by atoms with Crippen molar-refractivity contribution in [2.24, 2.45) is 5.14 Å². The average Bonchev–Trinajstić information content (AvgIpc) is 2.63. The third-order valence-corrected chi connectivity index (χ3v) is 4.79. The molecule has 0 aliphatic rings. The Labute approximate surface area is 159 Å². The third kappa shape index (κ3) is 5.45. The zero-order valence-electron chi connectivity index (χ0n) is 15.6. The van der Waals surface area contributed by atoms with Crippen molar-refractivity contribution in [2.45, 2.75) is 31.7 Å². The van der Waals surface area contributed by atoms with Crippen molar-refractivity contribution in [3.8, 4) is 11.5 Å². The Morgan fingerprint density at radius 1 is 1.04 bits per heavy atom. The monoisotopic (exact) mass is 392 g/mol. The zero-order valence-corrected chi connectivity index (χ0v) is 16.4. The number of rotatable bonds is 8. The minimum atomic E-state index is -3.74. The van der Waals surface area contributed by atoms with Crippen LogP contribution in [0.15, 0.2) is 47.4 Å². The molecule has 7 nitrogen and oxygen atoms in total. The first kappa shape index (κ1) is 20.7. The second-order valence-electron chi connectivity index (χ2n) is 5.84. The van der Waals surface area contributed by atoms with E-state index in [1.807, 2.05) is 20.8 Å². The maximum Gasteiger partial charge on any atom is 0.251 e. The Morgan fingerprint density at radius 2 is 1.63 bits per heavy atom. The van der Waals surface area contributed by atoms with Crippen molar-refractivity contribution in [3.05, 3.63) is 53.6 Å². The topological polar surface area (TPSA) is 108 Å². The highest BCUT2D eigenvalue weighted by Crippen LogP contribution is 2.28. The molecule has 0 heterocycles. The van der Waals surface area contributed by atoms with E-state index in [0.717, 1.165) is 5.56 Å². The predicted octanol–water partition coefficient (Wildman–Crippen LogP) is 2.62. The summed E-state index contributed by atoms with van der Waals surface area (Å²) in [6.45, 7) is 6.49. The number of carbonyl (C=O) groups excluding carboxylic acids is 1. The minimum Gasteiger partial charge on any atom is -0.490 e. The molecule has 0 spiro atoms. The predicted molar refractivity (Wildman–Crippen MR) is 102 cm³/mol. The van der Waals surface area contributed by atoms with Crippen LogP contribution in [-0.2, 0) is 10.0 Å². The number of carbonyl (C=O) groups is 1. The van der Waals surface area contributed by atoms with E-state index in [1.54, 1.807) is 30.3 Å². The lowest BCUT2D eigenvalue weighted by Gasteiger charge is -2.16. The van der Waals surface area contributed by atoms with Gasteiger partial charge in [-0.15, -0.1) is 0 Å². The number of amides is 1. The summed E-state index contributed by atoms with van der Waals surface area (Å²) in [6.07, 6.45) is 0. The van der Waals surface area contributed by atoms with Gasteiger partial charge in [-0.05, 0) is 56.7 Å². The molecule has 1 unspecified atom stereocenters. The molecule has 1 amide bonds. The standard InChI is InChI=1S/C19H24N2O5S/c1-4-25-17-11-8-15(12-18(17)26-5-2)19(22)21-13(3)14-6-9-16(10-7-14)27(20,23)24/h6-13H,4-5H2,1-3H3,(H,21,22)(H2,20,23,24). The number of primary sulfonamides is 1. The largest absolute Gasteiger partial charge is 0.490 e. The third-order valence-electron chi connectivity index (χ3n) is 3.86. The van der Waals surface area contributed by atoms with Crippen molar-refractivity contribution < 1.29 is 22.7 Å². The molecule has 0 fully saturated rings. The Hall–Kier alpha value is -2.58. The number of nitrogens with two attached hydrogens (primary N) is 1. The van der Waals surface area contributed by atoms with E-state index in [1.165, 1.54) is 12.1 Å². The maximum atomic E-state index is 12.6. The first-order valence-electron chi connectivity index (χ1n) is 8.59. The average molecular weight is 392 g/mol. The molecule has 0 aromatic heterocycles. The van der Waals surface area contributed by atoms with Gasteiger partial charge in [-0.2, -0.15) is 0 Å². The summed E-state index contributed by atoms with van der Waals surface area (Å²) in [5.74, 6) is 0.821. The molecule has 1 atom stereocenters. The van der Waals surface area contributed by atoms with E-state index in [-0.39, 0.29) is 16.8 Å². The number of hydrogen-bond donors (Lipinski definition) is 2. The molecule has 2 rings (SSSR count). The molecule has 0 saturated heterocycles. The lowest BCUT2D eigenvalue weighted by atomic mass is 10.1. The van der Waals surface area contributed by atoms with Crippen molar-refractivity contribution >= 4 is 15.9 Å². The molecule has 0 saturated carbocycles. The van der Waals surface area contributed by atoms with Crippen LogP contribution in [0.2, 0.25) is 0 Å². The molecule has 146 valence electrons. The summed E-state index contributed by atoms with van der Waals surface area (Å²) in [5.41, 5.74) is 1.20. The van der Waals surface area contributed by atoms with Gasteiger partial charge in [-0.25, -0.2) is 13.6 Å². The molecular weight excluding hydrogens is 368 g/mol. The first-order chi connectivity index (χ1) is 12.8. The summed E-state index contributed by atoms with van der Waals surface area (Å²) in [4.78, 5) is 12.6. The summed E-state index contributed by atoms with van der Waals surface area (Å²) < 4.78 is 33.7. The number of benzene rings is 2. The molecule has 0 bridgehead atoms. The molecule has 2 aromatic carbocycles. The Morgan fingerprint density at radius 3 is 2.19 bits per heavy atom. The van der Waals surface area contributed by atoms with Gasteiger partial charge in [-0.3, -0.25) is 4.79 Å². The van der Waals surface area contributed by atoms with E-state index >= 15 is 0 Å². The fourth-order valence-corrected chi connectivity index (χ4v) is 3.02. The van der Waals surface area contributed by atoms with Gasteiger partial charge in [0.1, 0.15) is 0 Å². The Balaban J connectivity index is 2.15. The molecule has 3 N–H and O–H groups in total. The van der Waals surface area contributed by atoms with E-state index in [4.69, 9.17) is 14.6 Å². The zero-order chi connectivity index (χ0) is 20.0. The molecule has 0 radical (unpaired) electrons. The van der Waals surface area contributed by atoms with Gasteiger partial charge in [0.05, 0.1) is 24.2 Å². The van der Waals surface area contributed by atoms with Crippen molar-refractivity contribution in [2.75, 3.05) is 13.2 Å². The summed E-state index contributed by atoms with van der Waals surface area (Å²) in [6, 6.07) is 10.8. The van der Waals surface area contributed by atoms with Crippen LogP contribution in [0.3, 0.4) is 0 Å². The van der Waals surface area contributed by atoms with Gasteiger partial charge in [-0.1, -0.05) is 12.1 Å². The first-order valence-corrected chi connectivity index (χ1v) is 10.1. The van der Waals surface area contributed by atoms with Crippen LogP contribution in [0.25, 0.3) is 0 Å². The summed E-state index contributed by atoms with van der Waals surface area (Å²) in [7, 11) is -3.74. The van der Waals surface area contributed by atoms with Crippen LogP contribution >= 0.6 is 0 Å². The van der Waals surface area contributed by atoms with Crippen molar-refractivity contribution in [1.82, 2.24) is 5.32 Å². The van der Waals surface area contributed by atoms with Gasteiger partial charge >= 0.3 is 0 Å². The highest BCUT2D eigenvalue weighted by Gasteiger charge is 2.15. The fourth-order valence-electron chi connectivity index (χ4n) is 2.50. The van der Waals surface area contributed by atoms with Crippen LogP contribution in [-0.4, -0.2) is 27.5 Å². The van der Waals surface area contributed by atoms with E-state index < -0.39 is 10.0 Å². The highest BCUT2D eigenvalue weighted by atomic mass is 32.2. The molecular formula is C19H24N2O5S. The van der Waals surface area contributed by atoms with E-state index in [0.29, 0.717) is 30.3 Å². The lowest BCUT2D eigenvalue weighted by molar-refractivity contribution is 0.0939. The van der Waals surface area contributed by atoms with Gasteiger partial charge < -0.3 is 14.8 Å². The van der Waals surface area contributed by atoms with E-state index in [9.17, 15) is 13.2 Å². The normalized spacial score (nSPS) is 12.3. The summed E-state index contributed by atoms with van der Waals surface area (Å²) in [5, 5.41) is 7.97. The quantitative estimate of drug-likeness (QED) is 0.718. The number of nitrogens with one attached hydrogen (secondary N) is 1. The van der Waals surface area contributed by atoms with Crippen LogP contribution in [0.4, 0.5) is 0 Å². The summed E-state index contributed by atoms with van der Waals surface area (Å²) >= 11 is 0. The second-order valence-corrected chi connectivity index (χ2v) is 7.40. The van der Waals surface area contributed by atoms with E-state index in [2.05, 4.69) is 5.32 Å². The van der Waals surface area contributed by atoms with Gasteiger partial charge in [0.15, 0.2) is 11.5 Å². The SMILES string of the molecule is CCOc1ccc(C(=O)NC(C)c2ccc(S(N)(=O)=O)cc2)cc1OCC. The van der Waals surface area contributed by atoms with Gasteiger partial charge in [0.2, 0.25) is 10.0 Å². The lowest BCUT2D eigenvalue weighted by Crippen LogP contribution is -2.26. The number of hydrogen-bond acceptors (Lipinski definition) is 5.